The van der Waals surface area contributed by atoms with E-state index < -0.39 is 6.10 Å². The Bertz CT molecular complexity index is 751. The van der Waals surface area contributed by atoms with Crippen molar-refractivity contribution in [1.82, 2.24) is 0 Å². The second-order valence-corrected chi connectivity index (χ2v) is 6.98. The van der Waals surface area contributed by atoms with Gasteiger partial charge < -0.3 is 20.5 Å². The molecule has 2 aromatic carbocycles. The molecule has 0 spiro atoms. The number of benzene rings is 2. The van der Waals surface area contributed by atoms with Crippen molar-refractivity contribution >= 4 is 17.3 Å². The fraction of sp³-hybridized carbons (Fsp3) is 0.350. The lowest BCUT2D eigenvalue weighted by atomic mass is 9.87. The summed E-state index contributed by atoms with van der Waals surface area (Å²) in [5.74, 6) is 0.997. The third-order valence-corrected chi connectivity index (χ3v) is 3.88. The minimum atomic E-state index is -0.640. The molecule has 0 heterocycles. The molecule has 0 aliphatic rings. The molecule has 3 N–H and O–H groups in total. The molecule has 0 aromatic heterocycles. The number of methoxy groups -OCH3 is 1. The van der Waals surface area contributed by atoms with Gasteiger partial charge in [-0.15, -0.1) is 0 Å². The van der Waals surface area contributed by atoms with Crippen LogP contribution in [-0.2, 0) is 10.2 Å². The molecule has 0 radical (unpaired) electrons. The molecule has 0 bridgehead atoms. The lowest BCUT2D eigenvalue weighted by Crippen LogP contribution is -2.30. The number of nitrogen functional groups attached to an aromatic ring is 1. The maximum absolute atomic E-state index is 12.4. The van der Waals surface area contributed by atoms with Crippen LogP contribution in [0.1, 0.15) is 33.3 Å². The molecule has 25 heavy (non-hydrogen) atoms. The third kappa shape index (κ3) is 4.89. The maximum Gasteiger partial charge on any atom is 0.265 e. The fourth-order valence-corrected chi connectivity index (χ4v) is 2.35. The largest absolute Gasteiger partial charge is 0.495 e. The Morgan fingerprint density at radius 1 is 1.16 bits per heavy atom. The summed E-state index contributed by atoms with van der Waals surface area (Å²) in [7, 11) is 1.55. The van der Waals surface area contributed by atoms with E-state index in [1.54, 1.807) is 32.2 Å². The zero-order valence-electron chi connectivity index (χ0n) is 15.4. The van der Waals surface area contributed by atoms with E-state index in [2.05, 4.69) is 32.2 Å². The topological polar surface area (TPSA) is 73.6 Å². The van der Waals surface area contributed by atoms with Crippen LogP contribution in [0.25, 0.3) is 0 Å². The lowest BCUT2D eigenvalue weighted by molar-refractivity contribution is -0.122. The van der Waals surface area contributed by atoms with Gasteiger partial charge in [0.25, 0.3) is 5.91 Å². The van der Waals surface area contributed by atoms with Gasteiger partial charge >= 0.3 is 0 Å². The molecule has 2 aromatic rings. The summed E-state index contributed by atoms with van der Waals surface area (Å²) in [6, 6.07) is 12.9. The molecule has 1 unspecified atom stereocenters. The number of amides is 1. The van der Waals surface area contributed by atoms with Crippen LogP contribution in [0.2, 0.25) is 0 Å². The summed E-state index contributed by atoms with van der Waals surface area (Å²) in [6.45, 7) is 8.12. The van der Waals surface area contributed by atoms with Gasteiger partial charge in [-0.05, 0) is 48.2 Å². The Balaban J connectivity index is 2.04. The van der Waals surface area contributed by atoms with E-state index >= 15 is 0 Å². The van der Waals surface area contributed by atoms with Crippen molar-refractivity contribution < 1.29 is 14.3 Å². The molecule has 0 aliphatic carbocycles. The van der Waals surface area contributed by atoms with Crippen LogP contribution in [-0.4, -0.2) is 19.1 Å². The average Bonchev–Trinajstić information content (AvgIpc) is 2.54. The van der Waals surface area contributed by atoms with Crippen molar-refractivity contribution in [2.45, 2.75) is 39.2 Å². The Morgan fingerprint density at radius 2 is 1.88 bits per heavy atom. The van der Waals surface area contributed by atoms with E-state index in [0.717, 1.165) is 5.56 Å². The Morgan fingerprint density at radius 3 is 2.48 bits per heavy atom. The highest BCUT2D eigenvalue weighted by atomic mass is 16.5. The van der Waals surface area contributed by atoms with Crippen LogP contribution in [0, 0.1) is 0 Å². The number of carbonyl (C=O) groups is 1. The molecule has 2 rings (SSSR count). The molecule has 0 saturated carbocycles. The first-order chi connectivity index (χ1) is 11.7. The maximum atomic E-state index is 12.4. The normalized spacial score (nSPS) is 12.4. The standard InChI is InChI=1S/C20H26N2O3/c1-13(25-16-8-6-7-14(11-16)20(2,3)4)19(23)22-15-9-10-18(24-5)17(21)12-15/h6-13H,21H2,1-5H3,(H,22,23). The van der Waals surface area contributed by atoms with Gasteiger partial charge in [0.15, 0.2) is 6.10 Å². The van der Waals surface area contributed by atoms with Gasteiger partial charge in [0, 0.05) is 5.69 Å². The molecule has 0 saturated heterocycles. The quantitative estimate of drug-likeness (QED) is 0.806. The second kappa shape index (κ2) is 7.47. The molecule has 0 aliphatic heterocycles. The average molecular weight is 342 g/mol. The van der Waals surface area contributed by atoms with Crippen molar-refractivity contribution in [3.63, 3.8) is 0 Å². The first-order valence-electron chi connectivity index (χ1n) is 8.22. The van der Waals surface area contributed by atoms with Crippen LogP contribution in [0.15, 0.2) is 42.5 Å². The van der Waals surface area contributed by atoms with Crippen LogP contribution in [0.4, 0.5) is 11.4 Å². The lowest BCUT2D eigenvalue weighted by Gasteiger charge is -2.21. The van der Waals surface area contributed by atoms with Gasteiger partial charge in [0.1, 0.15) is 11.5 Å². The van der Waals surface area contributed by atoms with E-state index in [1.807, 2.05) is 18.2 Å². The molecule has 1 amide bonds. The molecule has 5 heteroatoms. The van der Waals surface area contributed by atoms with E-state index in [9.17, 15) is 4.79 Å². The van der Waals surface area contributed by atoms with Crippen LogP contribution < -0.4 is 20.5 Å². The highest BCUT2D eigenvalue weighted by Crippen LogP contribution is 2.27. The van der Waals surface area contributed by atoms with Crippen LogP contribution >= 0.6 is 0 Å². The number of ether oxygens (including phenoxy) is 2. The summed E-state index contributed by atoms with van der Waals surface area (Å²) in [5.41, 5.74) is 8.09. The second-order valence-electron chi connectivity index (χ2n) is 6.98. The smallest absolute Gasteiger partial charge is 0.265 e. The Hall–Kier alpha value is -2.69. The van der Waals surface area contributed by atoms with Crippen molar-refractivity contribution in [1.29, 1.82) is 0 Å². The summed E-state index contributed by atoms with van der Waals surface area (Å²) in [5, 5.41) is 2.80. The van der Waals surface area contributed by atoms with Crippen LogP contribution in [0.3, 0.4) is 0 Å². The Kier molecular flexibility index (Phi) is 5.57. The zero-order chi connectivity index (χ0) is 18.6. The van der Waals surface area contributed by atoms with Crippen molar-refractivity contribution in [3.05, 3.63) is 48.0 Å². The first-order valence-corrected chi connectivity index (χ1v) is 8.22. The number of nitrogens with one attached hydrogen (secondary N) is 1. The Labute approximate surface area is 149 Å². The summed E-state index contributed by atoms with van der Waals surface area (Å²) >= 11 is 0. The van der Waals surface area contributed by atoms with Gasteiger partial charge in [-0.1, -0.05) is 32.9 Å². The zero-order valence-corrected chi connectivity index (χ0v) is 15.4. The van der Waals surface area contributed by atoms with Crippen molar-refractivity contribution in [2.75, 3.05) is 18.2 Å². The highest BCUT2D eigenvalue weighted by Gasteiger charge is 2.18. The van der Waals surface area contributed by atoms with E-state index in [-0.39, 0.29) is 11.3 Å². The third-order valence-electron chi connectivity index (χ3n) is 3.88. The van der Waals surface area contributed by atoms with Gasteiger partial charge in [-0.3, -0.25) is 4.79 Å². The molecule has 5 nitrogen and oxygen atoms in total. The number of rotatable bonds is 5. The monoisotopic (exact) mass is 342 g/mol. The first kappa shape index (κ1) is 18.6. The van der Waals surface area contributed by atoms with Crippen LogP contribution in [0.5, 0.6) is 11.5 Å². The minimum Gasteiger partial charge on any atom is -0.495 e. The van der Waals surface area contributed by atoms with Gasteiger partial charge in [0.05, 0.1) is 12.8 Å². The number of anilines is 2. The minimum absolute atomic E-state index is 0.0193. The number of carbonyl (C=O) groups excluding carboxylic acids is 1. The fourth-order valence-electron chi connectivity index (χ4n) is 2.35. The molecular weight excluding hydrogens is 316 g/mol. The van der Waals surface area contributed by atoms with Crippen molar-refractivity contribution in [2.24, 2.45) is 0 Å². The number of nitrogens with two attached hydrogens (primary N) is 1. The summed E-state index contributed by atoms with van der Waals surface area (Å²) < 4.78 is 10.9. The molecule has 1 atom stereocenters. The van der Waals surface area contributed by atoms with Gasteiger partial charge in [0.2, 0.25) is 0 Å². The van der Waals surface area contributed by atoms with Gasteiger partial charge in [-0.2, -0.15) is 0 Å². The molecule has 0 fully saturated rings. The summed E-state index contributed by atoms with van der Waals surface area (Å²) in [6.07, 6.45) is -0.640. The predicted molar refractivity (Wildman–Crippen MR) is 101 cm³/mol. The highest BCUT2D eigenvalue weighted by molar-refractivity contribution is 5.94. The molecular formula is C20H26N2O3. The SMILES string of the molecule is COc1ccc(NC(=O)C(C)Oc2cccc(C(C)(C)C)c2)cc1N. The number of hydrogen-bond acceptors (Lipinski definition) is 4. The van der Waals surface area contributed by atoms with E-state index in [0.29, 0.717) is 22.9 Å². The van der Waals surface area contributed by atoms with Crippen molar-refractivity contribution in [3.8, 4) is 11.5 Å². The van der Waals surface area contributed by atoms with E-state index in [1.165, 1.54) is 0 Å². The predicted octanol–water partition coefficient (Wildman–Crippen LogP) is 3.98. The summed E-state index contributed by atoms with van der Waals surface area (Å²) in [4.78, 5) is 12.4. The number of hydrogen-bond donors (Lipinski definition) is 2. The van der Waals surface area contributed by atoms with E-state index in [4.69, 9.17) is 15.2 Å². The van der Waals surface area contributed by atoms with Gasteiger partial charge in [-0.25, -0.2) is 0 Å². The molecule has 134 valence electrons.